The van der Waals surface area contributed by atoms with E-state index >= 15 is 0 Å². The van der Waals surface area contributed by atoms with Gasteiger partial charge in [-0.05, 0) is 31.0 Å². The lowest BCUT2D eigenvalue weighted by molar-refractivity contribution is -0.137. The molecule has 2 fully saturated rings. The van der Waals surface area contributed by atoms with Crippen molar-refractivity contribution < 1.29 is 18.0 Å². The third-order valence-electron chi connectivity index (χ3n) is 4.47. The number of hydrogen-bond donors (Lipinski definition) is 1. The Morgan fingerprint density at radius 1 is 1.24 bits per heavy atom. The minimum Gasteiger partial charge on any atom is -0.368 e. The van der Waals surface area contributed by atoms with Gasteiger partial charge in [0.15, 0.2) is 0 Å². The molecule has 0 radical (unpaired) electrons. The highest BCUT2D eigenvalue weighted by atomic mass is 19.4. The fourth-order valence-electron chi connectivity index (χ4n) is 2.93. The first-order valence-electron chi connectivity index (χ1n) is 8.25. The molecule has 25 heavy (non-hydrogen) atoms. The average molecular weight is 352 g/mol. The molecule has 1 amide bonds. The van der Waals surface area contributed by atoms with Crippen LogP contribution in [0.2, 0.25) is 0 Å². The Bertz CT molecular complexity index is 686. The number of nitriles is 1. The highest BCUT2D eigenvalue weighted by Crippen LogP contribution is 2.33. The summed E-state index contributed by atoms with van der Waals surface area (Å²) in [5.74, 6) is 0.0168. The number of hydrogen-bond acceptors (Lipinski definition) is 4. The monoisotopic (exact) mass is 352 g/mol. The summed E-state index contributed by atoms with van der Waals surface area (Å²) >= 11 is 0. The minimum absolute atomic E-state index is 0.0168. The van der Waals surface area contributed by atoms with Crippen LogP contribution in [-0.2, 0) is 11.0 Å². The predicted octanol–water partition coefficient (Wildman–Crippen LogP) is 1.98. The molecule has 1 saturated heterocycles. The number of nitrogens with one attached hydrogen (secondary N) is 1. The van der Waals surface area contributed by atoms with E-state index in [4.69, 9.17) is 0 Å². The Morgan fingerprint density at radius 2 is 1.92 bits per heavy atom. The smallest absolute Gasteiger partial charge is 0.368 e. The summed E-state index contributed by atoms with van der Waals surface area (Å²) in [6.07, 6.45) is -2.37. The van der Waals surface area contributed by atoms with Crippen molar-refractivity contribution in [1.82, 2.24) is 10.2 Å². The fraction of sp³-hybridized carbons (Fsp3) is 0.529. The van der Waals surface area contributed by atoms with E-state index in [1.54, 1.807) is 0 Å². The lowest BCUT2D eigenvalue weighted by Gasteiger charge is -2.36. The van der Waals surface area contributed by atoms with Gasteiger partial charge in [-0.2, -0.15) is 18.4 Å². The van der Waals surface area contributed by atoms with Crippen molar-refractivity contribution in [3.05, 3.63) is 29.3 Å². The molecular weight excluding hydrogens is 333 g/mol. The summed E-state index contributed by atoms with van der Waals surface area (Å²) in [4.78, 5) is 15.7. The number of halogens is 3. The van der Waals surface area contributed by atoms with Crippen LogP contribution >= 0.6 is 0 Å². The summed E-state index contributed by atoms with van der Waals surface area (Å²) in [7, 11) is 0. The van der Waals surface area contributed by atoms with Crippen molar-refractivity contribution in [3.63, 3.8) is 0 Å². The Labute approximate surface area is 144 Å². The van der Waals surface area contributed by atoms with Gasteiger partial charge in [-0.15, -0.1) is 0 Å². The molecule has 0 atom stereocenters. The number of rotatable bonds is 4. The average Bonchev–Trinajstić information content (AvgIpc) is 3.38. The minimum atomic E-state index is -4.46. The Balaban J connectivity index is 1.60. The van der Waals surface area contributed by atoms with E-state index in [0.29, 0.717) is 44.5 Å². The summed E-state index contributed by atoms with van der Waals surface area (Å²) in [5.41, 5.74) is -0.282. The van der Waals surface area contributed by atoms with E-state index in [2.05, 4.69) is 5.32 Å². The molecule has 8 heteroatoms. The van der Waals surface area contributed by atoms with E-state index in [1.807, 2.05) is 15.9 Å². The van der Waals surface area contributed by atoms with Crippen LogP contribution in [0.15, 0.2) is 18.2 Å². The van der Waals surface area contributed by atoms with Gasteiger partial charge in [0.25, 0.3) is 0 Å². The van der Waals surface area contributed by atoms with Gasteiger partial charge in [0.05, 0.1) is 23.4 Å². The summed E-state index contributed by atoms with van der Waals surface area (Å²) in [6.45, 7) is 2.73. The maximum Gasteiger partial charge on any atom is 0.416 e. The molecule has 3 rings (SSSR count). The first kappa shape index (κ1) is 17.5. The van der Waals surface area contributed by atoms with Gasteiger partial charge >= 0.3 is 6.18 Å². The number of amides is 1. The molecule has 1 heterocycles. The molecule has 1 saturated carbocycles. The van der Waals surface area contributed by atoms with E-state index in [1.165, 1.54) is 6.07 Å². The van der Waals surface area contributed by atoms with Crippen LogP contribution in [-0.4, -0.2) is 49.6 Å². The standard InChI is InChI=1S/C17H19F3N4O/c18-17(19,20)13-1-4-15(12(9-13)10-21)24-7-5-23(6-8-24)11-16(25)22-14-2-3-14/h1,4,9,14H,2-3,5-8,11H2,(H,22,25). The second kappa shape index (κ2) is 6.92. The topological polar surface area (TPSA) is 59.4 Å². The van der Waals surface area contributed by atoms with Gasteiger partial charge in [0.1, 0.15) is 6.07 Å². The molecule has 1 aliphatic heterocycles. The van der Waals surface area contributed by atoms with Crippen LogP contribution in [0.5, 0.6) is 0 Å². The fourth-order valence-corrected chi connectivity index (χ4v) is 2.93. The Morgan fingerprint density at radius 3 is 2.48 bits per heavy atom. The third-order valence-corrected chi connectivity index (χ3v) is 4.47. The van der Waals surface area contributed by atoms with Crippen molar-refractivity contribution in [1.29, 1.82) is 5.26 Å². The van der Waals surface area contributed by atoms with Gasteiger partial charge in [-0.1, -0.05) is 0 Å². The van der Waals surface area contributed by atoms with Crippen LogP contribution < -0.4 is 10.2 Å². The Kier molecular flexibility index (Phi) is 4.86. The van der Waals surface area contributed by atoms with Crippen molar-refractivity contribution in [3.8, 4) is 6.07 Å². The summed E-state index contributed by atoms with van der Waals surface area (Å²) in [5, 5.41) is 12.1. The highest BCUT2D eigenvalue weighted by molar-refractivity contribution is 5.78. The van der Waals surface area contributed by atoms with Crippen molar-refractivity contribution in [2.24, 2.45) is 0 Å². The number of alkyl halides is 3. The molecule has 1 aromatic rings. The van der Waals surface area contributed by atoms with E-state index < -0.39 is 11.7 Å². The number of anilines is 1. The maximum atomic E-state index is 12.8. The molecule has 5 nitrogen and oxygen atoms in total. The van der Waals surface area contributed by atoms with Crippen LogP contribution in [0.4, 0.5) is 18.9 Å². The van der Waals surface area contributed by atoms with Gasteiger partial charge in [-0.3, -0.25) is 9.69 Å². The zero-order valence-corrected chi connectivity index (χ0v) is 13.6. The second-order valence-corrected chi connectivity index (χ2v) is 6.45. The van der Waals surface area contributed by atoms with Gasteiger partial charge < -0.3 is 10.2 Å². The lowest BCUT2D eigenvalue weighted by atomic mass is 10.1. The predicted molar refractivity (Wildman–Crippen MR) is 86.0 cm³/mol. The Hall–Kier alpha value is -2.27. The molecule has 0 unspecified atom stereocenters. The molecule has 2 aliphatic rings. The zero-order valence-electron chi connectivity index (χ0n) is 13.6. The number of carbonyl (C=O) groups excluding carboxylic acids is 1. The van der Waals surface area contributed by atoms with E-state index in [0.717, 1.165) is 25.0 Å². The summed E-state index contributed by atoms with van der Waals surface area (Å²) in [6, 6.07) is 5.45. The van der Waals surface area contributed by atoms with Crippen LogP contribution in [0.1, 0.15) is 24.0 Å². The number of piperazine rings is 1. The van der Waals surface area contributed by atoms with E-state index in [-0.39, 0.29) is 11.5 Å². The molecule has 1 aromatic carbocycles. The number of nitrogens with zero attached hydrogens (tertiary/aromatic N) is 3. The van der Waals surface area contributed by atoms with Crippen molar-refractivity contribution in [2.45, 2.75) is 25.1 Å². The quantitative estimate of drug-likeness (QED) is 0.900. The molecule has 0 spiro atoms. The molecule has 1 N–H and O–H groups in total. The van der Waals surface area contributed by atoms with Crippen LogP contribution in [0, 0.1) is 11.3 Å². The van der Waals surface area contributed by atoms with Crippen molar-refractivity contribution >= 4 is 11.6 Å². The van der Waals surface area contributed by atoms with Gasteiger partial charge in [0, 0.05) is 32.2 Å². The van der Waals surface area contributed by atoms with Crippen LogP contribution in [0.25, 0.3) is 0 Å². The normalized spacial score (nSPS) is 18.7. The molecule has 1 aliphatic carbocycles. The second-order valence-electron chi connectivity index (χ2n) is 6.45. The van der Waals surface area contributed by atoms with Gasteiger partial charge in [-0.25, -0.2) is 0 Å². The number of carbonyl (C=O) groups is 1. The zero-order chi connectivity index (χ0) is 18.0. The number of benzene rings is 1. The molecular formula is C17H19F3N4O. The molecule has 134 valence electrons. The first-order valence-corrected chi connectivity index (χ1v) is 8.25. The maximum absolute atomic E-state index is 12.8. The third kappa shape index (κ3) is 4.42. The summed E-state index contributed by atoms with van der Waals surface area (Å²) < 4.78 is 38.3. The van der Waals surface area contributed by atoms with Crippen LogP contribution in [0.3, 0.4) is 0 Å². The first-order chi connectivity index (χ1) is 11.9. The van der Waals surface area contributed by atoms with Gasteiger partial charge in [0.2, 0.25) is 5.91 Å². The van der Waals surface area contributed by atoms with Crippen molar-refractivity contribution in [2.75, 3.05) is 37.6 Å². The SMILES string of the molecule is N#Cc1cc(C(F)(F)F)ccc1N1CCN(CC(=O)NC2CC2)CC1. The highest BCUT2D eigenvalue weighted by Gasteiger charge is 2.32. The molecule has 0 aromatic heterocycles. The largest absolute Gasteiger partial charge is 0.416 e. The van der Waals surface area contributed by atoms with E-state index in [9.17, 15) is 23.2 Å². The molecule has 0 bridgehead atoms. The lowest BCUT2D eigenvalue weighted by Crippen LogP contribution is -2.49.